The lowest BCUT2D eigenvalue weighted by Crippen LogP contribution is -2.51. The Morgan fingerprint density at radius 1 is 1.14 bits per heavy atom. The zero-order valence-electron chi connectivity index (χ0n) is 34.0. The Morgan fingerprint density at radius 3 is 2.50 bits per heavy atom. The number of carbonyl (C=O) groups excluding carboxylic acids is 3. The largest absolute Gasteiger partial charge is 0.481 e. The van der Waals surface area contributed by atoms with Crippen LogP contribution in [0.5, 0.6) is 5.88 Å². The van der Waals surface area contributed by atoms with E-state index in [1.165, 1.54) is 19.2 Å². The van der Waals surface area contributed by atoms with Crippen LogP contribution in [0, 0.1) is 18.7 Å². The second-order valence-corrected chi connectivity index (χ2v) is 14.8. The number of rotatable bonds is 14. The number of likely N-dealkylation sites (N-methyl/N-ethyl adjacent to an activating group) is 1. The summed E-state index contributed by atoms with van der Waals surface area (Å²) < 4.78 is 26.3. The molecule has 2 heterocycles. The molecule has 0 bridgehead atoms. The van der Waals surface area contributed by atoms with Crippen LogP contribution in [0.15, 0.2) is 48.0 Å². The third-order valence-corrected chi connectivity index (χ3v) is 11.3. The summed E-state index contributed by atoms with van der Waals surface area (Å²) in [4.78, 5) is 45.6. The Labute approximate surface area is 335 Å². The van der Waals surface area contributed by atoms with Gasteiger partial charge in [-0.05, 0) is 86.4 Å². The first kappa shape index (κ1) is 44.4. The number of benzene rings is 2. The maximum atomic E-state index is 15.7. The molecule has 0 saturated carbocycles. The fourth-order valence-electron chi connectivity index (χ4n) is 7.43. The summed E-state index contributed by atoms with van der Waals surface area (Å²) in [5.74, 6) is -1.17. The maximum absolute atomic E-state index is 15.7. The molecule has 3 unspecified atom stereocenters. The van der Waals surface area contributed by atoms with Gasteiger partial charge >= 0.3 is 0 Å². The van der Waals surface area contributed by atoms with Crippen molar-refractivity contribution < 1.29 is 28.2 Å². The first-order chi connectivity index (χ1) is 26.8. The number of hydrogen-bond acceptors (Lipinski definition) is 8. The number of nitrogens with two attached hydrogens (primary N) is 1. The van der Waals surface area contributed by atoms with Crippen LogP contribution in [-0.4, -0.2) is 80.7 Å². The van der Waals surface area contributed by atoms with E-state index >= 15 is 4.39 Å². The molecule has 5 N–H and O–H groups in total. The van der Waals surface area contributed by atoms with Gasteiger partial charge in [0.05, 0.1) is 23.4 Å². The average Bonchev–Trinajstić information content (AvgIpc) is 3.82. The van der Waals surface area contributed by atoms with Crippen molar-refractivity contribution in [2.75, 3.05) is 52.8 Å². The summed E-state index contributed by atoms with van der Waals surface area (Å²) in [6.07, 6.45) is 6.68. The Kier molecular flexibility index (Phi) is 16.0. The number of halogens is 2. The Bertz CT molecular complexity index is 1920. The number of ether oxygens (including phenoxy) is 2. The molecule has 2 aromatic carbocycles. The van der Waals surface area contributed by atoms with E-state index in [1.807, 2.05) is 19.9 Å². The molecule has 3 aromatic rings. The van der Waals surface area contributed by atoms with Gasteiger partial charge in [0.1, 0.15) is 11.4 Å². The van der Waals surface area contributed by atoms with Crippen molar-refractivity contribution in [3.8, 4) is 28.3 Å². The highest BCUT2D eigenvalue weighted by molar-refractivity contribution is 6.36. The minimum Gasteiger partial charge on any atom is -0.481 e. The van der Waals surface area contributed by atoms with Gasteiger partial charge in [-0.1, -0.05) is 57.5 Å². The second-order valence-electron chi connectivity index (χ2n) is 14.4. The molecule has 3 amide bonds. The minimum atomic E-state index is -0.640. The molecule has 11 nitrogen and oxygen atoms in total. The molecule has 1 aromatic heterocycles. The number of pyridine rings is 1. The molecule has 304 valence electrons. The summed E-state index contributed by atoms with van der Waals surface area (Å²) in [6.45, 7) is 12.5. The van der Waals surface area contributed by atoms with Gasteiger partial charge in [-0.15, -0.1) is 0 Å². The van der Waals surface area contributed by atoms with Crippen molar-refractivity contribution >= 4 is 35.0 Å². The van der Waals surface area contributed by atoms with Gasteiger partial charge in [0.25, 0.3) is 11.8 Å². The van der Waals surface area contributed by atoms with Crippen molar-refractivity contribution in [1.29, 1.82) is 0 Å². The monoisotopic (exact) mass is 792 g/mol. The van der Waals surface area contributed by atoms with Gasteiger partial charge in [0.2, 0.25) is 11.8 Å². The summed E-state index contributed by atoms with van der Waals surface area (Å²) in [5, 5.41) is 8.75. The Morgan fingerprint density at radius 2 is 1.89 bits per heavy atom. The number of anilines is 1. The number of hydrogen-bond donors (Lipinski definition) is 4. The van der Waals surface area contributed by atoms with E-state index in [0.29, 0.717) is 34.0 Å². The lowest BCUT2D eigenvalue weighted by Gasteiger charge is -2.32. The van der Waals surface area contributed by atoms with Gasteiger partial charge < -0.3 is 31.2 Å². The molecule has 1 saturated heterocycles. The molecule has 1 aliphatic carbocycles. The van der Waals surface area contributed by atoms with Crippen molar-refractivity contribution in [2.24, 2.45) is 11.7 Å². The van der Waals surface area contributed by atoms with Crippen molar-refractivity contribution in [1.82, 2.24) is 20.5 Å². The number of likely N-dealkylation sites (tertiary alicyclic amines) is 1. The summed E-state index contributed by atoms with van der Waals surface area (Å²) in [7, 11) is 4.74. The maximum Gasteiger partial charge on any atom is 0.260 e. The van der Waals surface area contributed by atoms with Crippen LogP contribution in [0.3, 0.4) is 0 Å². The number of methoxy groups -OCH3 is 2. The Balaban J connectivity index is 0.00000131. The number of nitrogens with one attached hydrogen (secondary N) is 3. The molecular formula is C43H58ClFN6O5. The third-order valence-electron chi connectivity index (χ3n) is 10.9. The van der Waals surface area contributed by atoms with E-state index in [1.54, 1.807) is 45.4 Å². The van der Waals surface area contributed by atoms with E-state index in [9.17, 15) is 14.4 Å². The van der Waals surface area contributed by atoms with Crippen LogP contribution in [0.2, 0.25) is 5.02 Å². The zero-order valence-corrected chi connectivity index (χ0v) is 34.8. The van der Waals surface area contributed by atoms with Crippen LogP contribution in [0.25, 0.3) is 22.4 Å². The predicted octanol–water partition coefficient (Wildman–Crippen LogP) is 7.14. The number of amides is 3. The third kappa shape index (κ3) is 9.77. The quantitative estimate of drug-likeness (QED) is 0.0766. The molecular weight excluding hydrogens is 735 g/mol. The highest BCUT2D eigenvalue weighted by Crippen LogP contribution is 2.47. The zero-order chi connectivity index (χ0) is 41.2. The summed E-state index contributed by atoms with van der Waals surface area (Å²) >= 11 is 7.04. The van der Waals surface area contributed by atoms with E-state index in [4.69, 9.17) is 31.8 Å². The second kappa shape index (κ2) is 20.2. The number of aryl methyl sites for hydroxylation is 1. The molecule has 1 fully saturated rings. The van der Waals surface area contributed by atoms with E-state index in [2.05, 4.69) is 34.7 Å². The normalized spacial score (nSPS) is 18.4. The number of carbonyl (C=O) groups is 3. The van der Waals surface area contributed by atoms with Crippen molar-refractivity contribution in [3.05, 3.63) is 75.6 Å². The summed E-state index contributed by atoms with van der Waals surface area (Å²) in [5.41, 5.74) is 10.0. The first-order valence-electron chi connectivity index (χ1n) is 19.5. The van der Waals surface area contributed by atoms with Crippen LogP contribution in [-0.2, 0) is 25.5 Å². The van der Waals surface area contributed by atoms with Crippen LogP contribution in [0.4, 0.5) is 10.1 Å². The van der Waals surface area contributed by atoms with Gasteiger partial charge in [-0.25, -0.2) is 9.37 Å². The molecule has 1 aliphatic heterocycles. The van der Waals surface area contributed by atoms with E-state index in [0.717, 1.165) is 69.3 Å². The van der Waals surface area contributed by atoms with Gasteiger partial charge in [-0.2, -0.15) is 0 Å². The predicted molar refractivity (Wildman–Crippen MR) is 221 cm³/mol. The molecule has 56 heavy (non-hydrogen) atoms. The van der Waals surface area contributed by atoms with E-state index < -0.39 is 17.6 Å². The molecule has 0 spiro atoms. The highest BCUT2D eigenvalue weighted by Gasteiger charge is 2.43. The number of aromatic nitrogens is 1. The fraction of sp³-hybridized carbons (Fsp3) is 0.488. The number of nitrogens with zero attached hydrogens (tertiary/aromatic N) is 2. The van der Waals surface area contributed by atoms with Crippen molar-refractivity contribution in [3.63, 3.8) is 0 Å². The first-order valence-corrected chi connectivity index (χ1v) is 19.9. The van der Waals surface area contributed by atoms with E-state index in [-0.39, 0.29) is 46.1 Å². The molecule has 3 atom stereocenters. The number of fused-ring (bicyclic) bond motifs is 1. The fourth-order valence-corrected chi connectivity index (χ4v) is 7.79. The Hall–Kier alpha value is -4.36. The molecule has 0 radical (unpaired) electrons. The lowest BCUT2D eigenvalue weighted by molar-refractivity contribution is -0.126. The standard InChI is InChI=1S/C39H48ClFN6O4.C4H10O/c1-7-22(3)35(48)46-39(8-2)17-19-47(21-39)31-15-12-24-20-30(45-38(51-6)32(24)31)26-13-14-28(41)33(34(26)40)25-10-9-11-29(23(25)4)44-37(50)27(16-18-42)36(49)43-5;1-3-4-5-2/h9-11,13-14,16,20,22,31H,7-8,12,15,17-19,21,42H2,1-6H3,(H,43,49)(H,44,50)(H,46,48);3-4H2,1-2H3/b27-16+;. The minimum absolute atomic E-state index is 0.000945. The molecule has 5 rings (SSSR count). The van der Waals surface area contributed by atoms with Crippen LogP contribution < -0.4 is 26.4 Å². The van der Waals surface area contributed by atoms with Crippen LogP contribution >= 0.6 is 11.6 Å². The smallest absolute Gasteiger partial charge is 0.260 e. The van der Waals surface area contributed by atoms with Gasteiger partial charge in [0, 0.05) is 74.7 Å². The van der Waals surface area contributed by atoms with Crippen LogP contribution in [0.1, 0.15) is 82.5 Å². The van der Waals surface area contributed by atoms with Crippen molar-refractivity contribution in [2.45, 2.75) is 84.7 Å². The van der Waals surface area contributed by atoms with Gasteiger partial charge in [-0.3, -0.25) is 19.3 Å². The van der Waals surface area contributed by atoms with Gasteiger partial charge in [0.15, 0.2) is 0 Å². The molecule has 13 heteroatoms. The average molecular weight is 793 g/mol. The SMILES string of the molecule is CCC(C)C(=O)NC1(CC)CCN(C2CCc3cc(-c4ccc(F)c(-c5cccc(NC(=O)/C(=C/CN)C(=O)NC)c5C)c4Cl)nc(OC)c32)C1.CCCOC. The molecule has 2 aliphatic rings. The summed E-state index contributed by atoms with van der Waals surface area (Å²) in [6, 6.07) is 10.2. The lowest BCUT2D eigenvalue weighted by atomic mass is 9.93. The topological polar surface area (TPSA) is 148 Å². The highest BCUT2D eigenvalue weighted by atomic mass is 35.5.